The third kappa shape index (κ3) is 6.00. The Morgan fingerprint density at radius 2 is 1.91 bits per heavy atom. The van der Waals surface area contributed by atoms with Crippen molar-refractivity contribution in [2.24, 2.45) is 5.92 Å². The van der Waals surface area contributed by atoms with Gasteiger partial charge in [0.2, 0.25) is 5.95 Å². The summed E-state index contributed by atoms with van der Waals surface area (Å²) in [5, 5.41) is 6.45. The summed E-state index contributed by atoms with van der Waals surface area (Å²) in [7, 11) is 0. The average molecular weight is 451 g/mol. The van der Waals surface area contributed by atoms with Crippen LogP contribution in [0.2, 0.25) is 0 Å². The number of benzene rings is 1. The molecule has 3 fully saturated rings. The predicted octanol–water partition coefficient (Wildman–Crippen LogP) is 2.53. The quantitative estimate of drug-likeness (QED) is 0.640. The molecule has 0 spiro atoms. The fraction of sp³-hybridized carbons (Fsp3) is 0.560. The molecular formula is C25H34N6O2. The first-order valence-electron chi connectivity index (χ1n) is 12.3. The Morgan fingerprint density at radius 1 is 1.09 bits per heavy atom. The monoisotopic (exact) mass is 450 g/mol. The SMILES string of the molecule is O=C(NCc1ccccc1)c1cnc(N2CCN(CC3CCCOC3)CC2)nc1NC1CC1. The standard InChI is InChI=1S/C25H34N6O2/c32-24(26-15-19-5-2-1-3-6-19)22-16-27-25(29-23(22)28-21-8-9-21)31-12-10-30(11-13-31)17-20-7-4-14-33-18-20/h1-3,5-6,16,20-21H,4,7-15,17-18H2,(H,26,32)(H,27,28,29). The molecule has 176 valence electrons. The van der Waals surface area contributed by atoms with Crippen molar-refractivity contribution in [3.8, 4) is 0 Å². The Hall–Kier alpha value is -2.71. The molecule has 1 amide bonds. The lowest BCUT2D eigenvalue weighted by Crippen LogP contribution is -2.49. The van der Waals surface area contributed by atoms with Crippen LogP contribution in [0.3, 0.4) is 0 Å². The van der Waals surface area contributed by atoms with Gasteiger partial charge in [-0.1, -0.05) is 30.3 Å². The number of anilines is 2. The Balaban J connectivity index is 1.21. The lowest BCUT2D eigenvalue weighted by atomic mass is 10.0. The number of piperazine rings is 1. The van der Waals surface area contributed by atoms with Gasteiger partial charge in [-0.25, -0.2) is 4.98 Å². The molecule has 8 heteroatoms. The number of ether oxygens (including phenoxy) is 1. The minimum Gasteiger partial charge on any atom is -0.381 e. The van der Waals surface area contributed by atoms with E-state index in [1.54, 1.807) is 6.20 Å². The molecule has 2 aliphatic heterocycles. The molecule has 2 aromatic rings. The van der Waals surface area contributed by atoms with Gasteiger partial charge < -0.3 is 20.3 Å². The first-order valence-corrected chi connectivity index (χ1v) is 12.3. The zero-order valence-corrected chi connectivity index (χ0v) is 19.2. The van der Waals surface area contributed by atoms with Crippen LogP contribution < -0.4 is 15.5 Å². The number of nitrogens with zero attached hydrogens (tertiary/aromatic N) is 4. The van der Waals surface area contributed by atoms with Crippen LogP contribution in [0.4, 0.5) is 11.8 Å². The van der Waals surface area contributed by atoms with Crippen molar-refractivity contribution in [1.29, 1.82) is 0 Å². The van der Waals surface area contributed by atoms with Crippen LogP contribution in [0.25, 0.3) is 0 Å². The highest BCUT2D eigenvalue weighted by molar-refractivity contribution is 5.98. The number of aromatic nitrogens is 2. The van der Waals surface area contributed by atoms with Crippen LogP contribution in [0.15, 0.2) is 36.5 Å². The third-order valence-corrected chi connectivity index (χ3v) is 6.66. The van der Waals surface area contributed by atoms with Gasteiger partial charge in [-0.05, 0) is 37.2 Å². The maximum Gasteiger partial charge on any atom is 0.256 e. The van der Waals surface area contributed by atoms with Gasteiger partial charge in [0.05, 0.1) is 6.61 Å². The van der Waals surface area contributed by atoms with E-state index < -0.39 is 0 Å². The molecule has 1 aliphatic carbocycles. The molecule has 5 rings (SSSR count). The third-order valence-electron chi connectivity index (χ3n) is 6.66. The second-order valence-electron chi connectivity index (χ2n) is 9.39. The summed E-state index contributed by atoms with van der Waals surface area (Å²) in [6, 6.07) is 10.3. The smallest absolute Gasteiger partial charge is 0.256 e. The average Bonchev–Trinajstić information content (AvgIpc) is 3.68. The Bertz CT molecular complexity index is 922. The summed E-state index contributed by atoms with van der Waals surface area (Å²) in [6.07, 6.45) is 6.37. The van der Waals surface area contributed by atoms with E-state index in [1.807, 2.05) is 30.3 Å². The second kappa shape index (κ2) is 10.5. The first kappa shape index (κ1) is 22.1. The molecule has 1 aromatic carbocycles. The van der Waals surface area contributed by atoms with Crippen molar-refractivity contribution in [2.75, 3.05) is 56.2 Å². The van der Waals surface area contributed by atoms with E-state index in [0.29, 0.717) is 35.8 Å². The van der Waals surface area contributed by atoms with Gasteiger partial charge in [0.25, 0.3) is 5.91 Å². The van der Waals surface area contributed by atoms with Gasteiger partial charge >= 0.3 is 0 Å². The first-order chi connectivity index (χ1) is 16.2. The topological polar surface area (TPSA) is 82.6 Å². The minimum absolute atomic E-state index is 0.145. The van der Waals surface area contributed by atoms with E-state index in [0.717, 1.165) is 64.3 Å². The van der Waals surface area contributed by atoms with Gasteiger partial charge in [-0.3, -0.25) is 9.69 Å². The van der Waals surface area contributed by atoms with E-state index in [4.69, 9.17) is 9.72 Å². The van der Waals surface area contributed by atoms with Crippen molar-refractivity contribution in [1.82, 2.24) is 20.2 Å². The summed E-state index contributed by atoms with van der Waals surface area (Å²) in [5.41, 5.74) is 1.58. The summed E-state index contributed by atoms with van der Waals surface area (Å²) in [5.74, 6) is 1.87. The van der Waals surface area contributed by atoms with Crippen molar-refractivity contribution in [3.05, 3.63) is 47.7 Å². The summed E-state index contributed by atoms with van der Waals surface area (Å²) in [4.78, 5) is 27.0. The van der Waals surface area contributed by atoms with Crippen LogP contribution in [0.5, 0.6) is 0 Å². The summed E-state index contributed by atoms with van der Waals surface area (Å²) in [6.45, 7) is 7.22. The lowest BCUT2D eigenvalue weighted by molar-refractivity contribution is 0.0376. The molecule has 0 bridgehead atoms. The number of amides is 1. The number of nitrogens with one attached hydrogen (secondary N) is 2. The van der Waals surface area contributed by atoms with E-state index in [2.05, 4.69) is 25.4 Å². The molecule has 33 heavy (non-hydrogen) atoms. The van der Waals surface area contributed by atoms with Crippen molar-refractivity contribution in [2.45, 2.75) is 38.3 Å². The largest absolute Gasteiger partial charge is 0.381 e. The molecule has 2 N–H and O–H groups in total. The molecule has 3 heterocycles. The maximum absolute atomic E-state index is 12.9. The van der Waals surface area contributed by atoms with Crippen LogP contribution in [0.1, 0.15) is 41.6 Å². The second-order valence-corrected chi connectivity index (χ2v) is 9.39. The van der Waals surface area contributed by atoms with Crippen molar-refractivity contribution >= 4 is 17.7 Å². The van der Waals surface area contributed by atoms with Gasteiger partial charge in [-0.15, -0.1) is 0 Å². The van der Waals surface area contributed by atoms with Crippen LogP contribution in [0, 0.1) is 5.92 Å². The van der Waals surface area contributed by atoms with E-state index in [9.17, 15) is 4.79 Å². The minimum atomic E-state index is -0.145. The number of carbonyl (C=O) groups is 1. The van der Waals surface area contributed by atoms with Crippen molar-refractivity contribution in [3.63, 3.8) is 0 Å². The fourth-order valence-corrected chi connectivity index (χ4v) is 4.54. The molecule has 1 atom stereocenters. The zero-order valence-electron chi connectivity index (χ0n) is 19.2. The van der Waals surface area contributed by atoms with Crippen LogP contribution >= 0.6 is 0 Å². The number of carbonyl (C=O) groups excluding carboxylic acids is 1. The molecule has 8 nitrogen and oxygen atoms in total. The van der Waals surface area contributed by atoms with Crippen molar-refractivity contribution < 1.29 is 9.53 Å². The predicted molar refractivity (Wildman–Crippen MR) is 128 cm³/mol. The highest BCUT2D eigenvalue weighted by atomic mass is 16.5. The van der Waals surface area contributed by atoms with Gasteiger partial charge in [0.1, 0.15) is 11.4 Å². The van der Waals surface area contributed by atoms with Crippen LogP contribution in [-0.4, -0.2) is 72.8 Å². The normalized spacial score (nSPS) is 21.6. The molecular weight excluding hydrogens is 416 g/mol. The molecule has 1 unspecified atom stereocenters. The molecule has 0 radical (unpaired) electrons. The fourth-order valence-electron chi connectivity index (χ4n) is 4.54. The lowest BCUT2D eigenvalue weighted by Gasteiger charge is -2.37. The molecule has 1 aromatic heterocycles. The number of hydrogen-bond acceptors (Lipinski definition) is 7. The zero-order chi connectivity index (χ0) is 22.5. The Kier molecular flexibility index (Phi) is 7.02. The molecule has 1 saturated carbocycles. The van der Waals surface area contributed by atoms with Gasteiger partial charge in [0.15, 0.2) is 0 Å². The Labute approximate surface area is 195 Å². The highest BCUT2D eigenvalue weighted by Crippen LogP contribution is 2.27. The van der Waals surface area contributed by atoms with E-state index in [-0.39, 0.29) is 5.91 Å². The molecule has 3 aliphatic rings. The van der Waals surface area contributed by atoms with E-state index in [1.165, 1.54) is 12.8 Å². The summed E-state index contributed by atoms with van der Waals surface area (Å²) >= 11 is 0. The highest BCUT2D eigenvalue weighted by Gasteiger charge is 2.27. The Morgan fingerprint density at radius 3 is 2.64 bits per heavy atom. The summed E-state index contributed by atoms with van der Waals surface area (Å²) < 4.78 is 5.64. The number of hydrogen-bond donors (Lipinski definition) is 2. The number of rotatable bonds is 8. The van der Waals surface area contributed by atoms with Gasteiger partial charge in [0, 0.05) is 58.1 Å². The van der Waals surface area contributed by atoms with Gasteiger partial charge in [-0.2, -0.15) is 4.98 Å². The van der Waals surface area contributed by atoms with E-state index >= 15 is 0 Å². The molecule has 2 saturated heterocycles. The maximum atomic E-state index is 12.9. The van der Waals surface area contributed by atoms with Crippen LogP contribution in [-0.2, 0) is 11.3 Å².